The van der Waals surface area contributed by atoms with Crippen LogP contribution in [0.25, 0.3) is 82.8 Å². The molecule has 0 unspecified atom stereocenters. The van der Waals surface area contributed by atoms with Crippen LogP contribution in [0, 0.1) is 0 Å². The first-order valence-electron chi connectivity index (χ1n) is 19.4. The minimum atomic E-state index is 0.904. The second kappa shape index (κ2) is 13.6. The Kier molecular flexibility index (Phi) is 7.82. The predicted molar refractivity (Wildman–Crippen MR) is 239 cm³/mol. The van der Waals surface area contributed by atoms with Crippen LogP contribution in [0.5, 0.6) is 0 Å². The number of benzene rings is 9. The highest BCUT2D eigenvalue weighted by Crippen LogP contribution is 2.41. The summed E-state index contributed by atoms with van der Waals surface area (Å²) >= 11 is 0. The van der Waals surface area contributed by atoms with Crippen LogP contribution in [0.4, 0.5) is 17.1 Å². The fraction of sp³-hybridized carbons (Fsp3) is 0. The van der Waals surface area contributed by atoms with Gasteiger partial charge in [-0.05, 0) is 123 Å². The molecule has 11 rings (SSSR count). The topological polar surface area (TPSA) is 21.3 Å². The van der Waals surface area contributed by atoms with Gasteiger partial charge >= 0.3 is 0 Å². The van der Waals surface area contributed by atoms with E-state index < -0.39 is 0 Å². The van der Waals surface area contributed by atoms with Gasteiger partial charge in [-0.25, -0.2) is 0 Å². The van der Waals surface area contributed by atoms with Crippen LogP contribution in [-0.4, -0.2) is 4.57 Å². The van der Waals surface area contributed by atoms with E-state index in [1.807, 2.05) is 12.1 Å². The number of para-hydroxylation sites is 2. The molecule has 0 atom stereocenters. The summed E-state index contributed by atoms with van der Waals surface area (Å²) in [5.41, 5.74) is 15.6. The summed E-state index contributed by atoms with van der Waals surface area (Å²) < 4.78 is 8.77. The third-order valence-electron chi connectivity index (χ3n) is 11.2. The maximum Gasteiger partial charge on any atom is 0.161 e. The molecule has 3 heteroatoms. The molecule has 0 aliphatic heterocycles. The second-order valence-electron chi connectivity index (χ2n) is 14.6. The SMILES string of the molecule is c1ccc(-c2ccc(N(c3ccc(-c4ccccc4)cc3)c3cccc(-c4ccc5cc(-n6c7ccccc7c7oc8ccccc8c76)ccc5c4)c3)cc2)cc1. The number of furan rings is 1. The summed E-state index contributed by atoms with van der Waals surface area (Å²) in [6, 6.07) is 78.2. The highest BCUT2D eigenvalue weighted by Gasteiger charge is 2.19. The van der Waals surface area contributed by atoms with Crippen LogP contribution < -0.4 is 4.90 Å². The molecule has 0 saturated heterocycles. The number of anilines is 3. The summed E-state index contributed by atoms with van der Waals surface area (Å²) in [5, 5.41) is 4.61. The van der Waals surface area contributed by atoms with Crippen molar-refractivity contribution in [2.75, 3.05) is 4.90 Å². The van der Waals surface area contributed by atoms with Crippen LogP contribution in [0.15, 0.2) is 223 Å². The van der Waals surface area contributed by atoms with E-state index in [-0.39, 0.29) is 0 Å². The molecule has 2 heterocycles. The fourth-order valence-corrected chi connectivity index (χ4v) is 8.38. The summed E-state index contributed by atoms with van der Waals surface area (Å²) in [7, 11) is 0. The van der Waals surface area contributed by atoms with Gasteiger partial charge in [0, 0.05) is 33.5 Å². The molecule has 0 spiro atoms. The lowest BCUT2D eigenvalue weighted by Crippen LogP contribution is -2.10. The van der Waals surface area contributed by atoms with Crippen molar-refractivity contribution in [2.24, 2.45) is 0 Å². The van der Waals surface area contributed by atoms with E-state index in [0.29, 0.717) is 0 Å². The van der Waals surface area contributed by atoms with Crippen molar-refractivity contribution < 1.29 is 4.42 Å². The Morgan fingerprint density at radius 1 is 0.351 bits per heavy atom. The minimum absolute atomic E-state index is 0.904. The molecule has 9 aromatic carbocycles. The van der Waals surface area contributed by atoms with Crippen molar-refractivity contribution in [1.82, 2.24) is 4.57 Å². The van der Waals surface area contributed by atoms with E-state index >= 15 is 0 Å². The van der Waals surface area contributed by atoms with Gasteiger partial charge in [0.15, 0.2) is 5.58 Å². The van der Waals surface area contributed by atoms with Gasteiger partial charge in [-0.2, -0.15) is 0 Å². The van der Waals surface area contributed by atoms with Crippen molar-refractivity contribution in [1.29, 1.82) is 0 Å². The van der Waals surface area contributed by atoms with Crippen molar-refractivity contribution in [2.45, 2.75) is 0 Å². The molecule has 11 aromatic rings. The molecule has 0 bridgehead atoms. The van der Waals surface area contributed by atoms with Crippen molar-refractivity contribution >= 4 is 60.8 Å². The maximum atomic E-state index is 6.43. The lowest BCUT2D eigenvalue weighted by atomic mass is 9.99. The number of rotatable bonds is 7. The summed E-state index contributed by atoms with van der Waals surface area (Å²) in [6.45, 7) is 0. The predicted octanol–water partition coefficient (Wildman–Crippen LogP) is 15.2. The Morgan fingerprint density at radius 2 is 0.877 bits per heavy atom. The van der Waals surface area contributed by atoms with Gasteiger partial charge in [-0.3, -0.25) is 0 Å². The molecule has 2 aromatic heterocycles. The fourth-order valence-electron chi connectivity index (χ4n) is 8.38. The first-order chi connectivity index (χ1) is 28.2. The Balaban J connectivity index is 0.979. The monoisotopic (exact) mass is 728 g/mol. The molecule has 0 radical (unpaired) electrons. The average Bonchev–Trinajstić information content (AvgIpc) is 3.82. The largest absolute Gasteiger partial charge is 0.454 e. The number of hydrogen-bond donors (Lipinski definition) is 0. The molecular weight excluding hydrogens is 693 g/mol. The normalized spacial score (nSPS) is 11.5. The van der Waals surface area contributed by atoms with Gasteiger partial charge in [0.05, 0.1) is 5.52 Å². The number of nitrogens with zero attached hydrogens (tertiary/aromatic N) is 2. The minimum Gasteiger partial charge on any atom is -0.454 e. The molecule has 3 nitrogen and oxygen atoms in total. The van der Waals surface area contributed by atoms with E-state index in [0.717, 1.165) is 61.3 Å². The van der Waals surface area contributed by atoms with Gasteiger partial charge in [-0.1, -0.05) is 140 Å². The molecule has 268 valence electrons. The molecular formula is C54H36N2O. The molecule has 0 aliphatic carbocycles. The highest BCUT2D eigenvalue weighted by atomic mass is 16.3. The first kappa shape index (κ1) is 32.8. The molecule has 0 N–H and O–H groups in total. The standard InChI is InChI=1S/C54H36N2O/c1-3-12-37(13-4-1)39-24-29-45(30-25-39)55(46-31-26-40(27-32-46)38-14-5-2-6-15-38)47-17-11-16-41(35-47)42-22-23-44-36-48(33-28-43(44)34-42)56-51-20-9-7-18-49(51)54-53(56)50-19-8-10-21-52(50)57-54/h1-36H. The zero-order valence-electron chi connectivity index (χ0n) is 31.1. The molecule has 57 heavy (non-hydrogen) atoms. The molecule has 0 fully saturated rings. The Hall–Kier alpha value is -7.62. The van der Waals surface area contributed by atoms with Crippen molar-refractivity contribution in [3.05, 3.63) is 218 Å². The van der Waals surface area contributed by atoms with E-state index in [1.54, 1.807) is 0 Å². The van der Waals surface area contributed by atoms with Gasteiger partial charge < -0.3 is 13.9 Å². The zero-order chi connectivity index (χ0) is 37.7. The van der Waals surface area contributed by atoms with Gasteiger partial charge in [0.25, 0.3) is 0 Å². The summed E-state index contributed by atoms with van der Waals surface area (Å²) in [5.74, 6) is 0. The van der Waals surface area contributed by atoms with Gasteiger partial charge in [0.1, 0.15) is 11.1 Å². The van der Waals surface area contributed by atoms with E-state index in [2.05, 4.69) is 216 Å². The number of fused-ring (bicyclic) bond motifs is 6. The van der Waals surface area contributed by atoms with Crippen LogP contribution in [0.3, 0.4) is 0 Å². The Bertz CT molecular complexity index is 3120. The first-order valence-corrected chi connectivity index (χ1v) is 19.4. The zero-order valence-corrected chi connectivity index (χ0v) is 31.1. The van der Waals surface area contributed by atoms with E-state index in [4.69, 9.17) is 4.42 Å². The Morgan fingerprint density at radius 3 is 1.58 bits per heavy atom. The van der Waals surface area contributed by atoms with Crippen molar-refractivity contribution in [3.63, 3.8) is 0 Å². The molecule has 0 amide bonds. The third kappa shape index (κ3) is 5.76. The quantitative estimate of drug-likeness (QED) is 0.163. The van der Waals surface area contributed by atoms with Crippen LogP contribution in [-0.2, 0) is 0 Å². The second-order valence-corrected chi connectivity index (χ2v) is 14.6. The average molecular weight is 729 g/mol. The summed E-state index contributed by atoms with van der Waals surface area (Å²) in [6.07, 6.45) is 0. The van der Waals surface area contributed by atoms with E-state index in [9.17, 15) is 0 Å². The Labute approximate surface area is 330 Å². The number of aromatic nitrogens is 1. The number of hydrogen-bond acceptors (Lipinski definition) is 2. The van der Waals surface area contributed by atoms with Crippen LogP contribution in [0.1, 0.15) is 0 Å². The molecule has 0 saturated carbocycles. The summed E-state index contributed by atoms with van der Waals surface area (Å²) in [4.78, 5) is 2.35. The van der Waals surface area contributed by atoms with Gasteiger partial charge in [-0.15, -0.1) is 0 Å². The van der Waals surface area contributed by atoms with Crippen molar-refractivity contribution in [3.8, 4) is 39.1 Å². The lowest BCUT2D eigenvalue weighted by Gasteiger charge is -2.26. The lowest BCUT2D eigenvalue weighted by molar-refractivity contribution is 0.673. The smallest absolute Gasteiger partial charge is 0.161 e. The van der Waals surface area contributed by atoms with Gasteiger partial charge in [0.2, 0.25) is 0 Å². The van der Waals surface area contributed by atoms with Crippen LogP contribution in [0.2, 0.25) is 0 Å². The van der Waals surface area contributed by atoms with Crippen LogP contribution >= 0.6 is 0 Å². The molecule has 0 aliphatic rings. The maximum absolute atomic E-state index is 6.43. The highest BCUT2D eigenvalue weighted by molar-refractivity contribution is 6.16. The van der Waals surface area contributed by atoms with E-state index in [1.165, 1.54) is 38.6 Å². The third-order valence-corrected chi connectivity index (χ3v) is 11.2.